The van der Waals surface area contributed by atoms with Crippen LogP contribution in [0.2, 0.25) is 0 Å². The Balaban J connectivity index is 1.70. The van der Waals surface area contributed by atoms with Crippen LogP contribution in [0.25, 0.3) is 0 Å². The van der Waals surface area contributed by atoms with Crippen molar-refractivity contribution in [3.8, 4) is 6.07 Å². The van der Waals surface area contributed by atoms with E-state index in [1.165, 1.54) is 0 Å². The van der Waals surface area contributed by atoms with Crippen LogP contribution in [0, 0.1) is 18.3 Å². The smallest absolute Gasteiger partial charge is 0.206 e. The summed E-state index contributed by atoms with van der Waals surface area (Å²) in [5.74, 6) is 0. The molecule has 134 valence electrons. The molecule has 0 saturated heterocycles. The SMILES string of the molecule is Cc1ccc(S(=O)(=O)c2ccc(N/N=C\c3ccc(C#N)cc3)cc2)cc1. The average Bonchev–Trinajstić information content (AvgIpc) is 2.69. The second-order valence-electron chi connectivity index (χ2n) is 5.94. The minimum absolute atomic E-state index is 0.230. The summed E-state index contributed by atoms with van der Waals surface area (Å²) < 4.78 is 25.3. The van der Waals surface area contributed by atoms with Crippen molar-refractivity contribution < 1.29 is 8.42 Å². The molecule has 0 aliphatic rings. The van der Waals surface area contributed by atoms with E-state index in [2.05, 4.69) is 16.6 Å². The van der Waals surface area contributed by atoms with Crippen molar-refractivity contribution in [2.75, 3.05) is 5.43 Å². The van der Waals surface area contributed by atoms with E-state index in [1.807, 2.05) is 6.92 Å². The first-order valence-electron chi connectivity index (χ1n) is 8.20. The number of aryl methyl sites for hydroxylation is 1. The number of nitriles is 1. The minimum Gasteiger partial charge on any atom is -0.279 e. The number of nitrogens with one attached hydrogen (secondary N) is 1. The molecule has 3 aromatic rings. The van der Waals surface area contributed by atoms with Crippen molar-refractivity contribution in [2.45, 2.75) is 16.7 Å². The molecular formula is C21H17N3O2S. The fourth-order valence-electron chi connectivity index (χ4n) is 2.39. The molecule has 0 amide bonds. The van der Waals surface area contributed by atoms with Gasteiger partial charge in [-0.05, 0) is 61.0 Å². The molecule has 5 nitrogen and oxygen atoms in total. The van der Waals surface area contributed by atoms with E-state index in [-0.39, 0.29) is 9.79 Å². The fraction of sp³-hybridized carbons (Fsp3) is 0.0476. The van der Waals surface area contributed by atoms with Gasteiger partial charge in [-0.3, -0.25) is 5.43 Å². The van der Waals surface area contributed by atoms with E-state index in [0.717, 1.165) is 11.1 Å². The van der Waals surface area contributed by atoms with E-state index >= 15 is 0 Å². The average molecular weight is 375 g/mol. The summed E-state index contributed by atoms with van der Waals surface area (Å²) in [5.41, 5.74) is 5.97. The van der Waals surface area contributed by atoms with E-state index in [0.29, 0.717) is 11.3 Å². The molecular weight excluding hydrogens is 358 g/mol. The zero-order valence-electron chi connectivity index (χ0n) is 14.6. The summed E-state index contributed by atoms with van der Waals surface area (Å²) in [6.07, 6.45) is 1.62. The number of nitrogens with zero attached hydrogens (tertiary/aromatic N) is 2. The summed E-state index contributed by atoms with van der Waals surface area (Å²) in [6.45, 7) is 1.91. The Labute approximate surface area is 158 Å². The first kappa shape index (κ1) is 18.4. The molecule has 1 N–H and O–H groups in total. The normalized spacial score (nSPS) is 11.3. The Morgan fingerprint density at radius 2 is 1.44 bits per heavy atom. The van der Waals surface area contributed by atoms with Crippen LogP contribution in [0.3, 0.4) is 0 Å². The van der Waals surface area contributed by atoms with Gasteiger partial charge in [-0.15, -0.1) is 0 Å². The van der Waals surface area contributed by atoms with Gasteiger partial charge in [-0.25, -0.2) is 8.42 Å². The number of hydrogen-bond donors (Lipinski definition) is 1. The monoisotopic (exact) mass is 375 g/mol. The first-order chi connectivity index (χ1) is 13.0. The third-order valence-corrected chi connectivity index (χ3v) is 5.73. The lowest BCUT2D eigenvalue weighted by Crippen LogP contribution is -2.02. The molecule has 0 atom stereocenters. The predicted molar refractivity (Wildman–Crippen MR) is 105 cm³/mol. The topological polar surface area (TPSA) is 82.3 Å². The molecule has 0 spiro atoms. The number of sulfone groups is 1. The second-order valence-corrected chi connectivity index (χ2v) is 7.89. The molecule has 0 aliphatic carbocycles. The molecule has 0 bridgehead atoms. The lowest BCUT2D eigenvalue weighted by atomic mass is 10.2. The van der Waals surface area contributed by atoms with Crippen molar-refractivity contribution in [3.05, 3.63) is 89.5 Å². The Morgan fingerprint density at radius 3 is 2.00 bits per heavy atom. The fourth-order valence-corrected chi connectivity index (χ4v) is 3.65. The molecule has 0 aromatic heterocycles. The van der Waals surface area contributed by atoms with Gasteiger partial charge in [0.25, 0.3) is 0 Å². The zero-order chi connectivity index (χ0) is 19.3. The van der Waals surface area contributed by atoms with Crippen molar-refractivity contribution in [2.24, 2.45) is 5.10 Å². The van der Waals surface area contributed by atoms with Crippen molar-refractivity contribution in [3.63, 3.8) is 0 Å². The molecule has 0 radical (unpaired) electrons. The lowest BCUT2D eigenvalue weighted by Gasteiger charge is -2.06. The van der Waals surface area contributed by atoms with Gasteiger partial charge >= 0.3 is 0 Å². The highest BCUT2D eigenvalue weighted by Crippen LogP contribution is 2.22. The number of rotatable bonds is 5. The lowest BCUT2D eigenvalue weighted by molar-refractivity contribution is 0.596. The Bertz CT molecular complexity index is 1090. The molecule has 0 aliphatic heterocycles. The molecule has 6 heteroatoms. The van der Waals surface area contributed by atoms with Crippen molar-refractivity contribution in [1.29, 1.82) is 5.26 Å². The molecule has 27 heavy (non-hydrogen) atoms. The summed E-state index contributed by atoms with van der Waals surface area (Å²) in [4.78, 5) is 0.501. The van der Waals surface area contributed by atoms with Crippen LogP contribution >= 0.6 is 0 Å². The summed E-state index contributed by atoms with van der Waals surface area (Å²) in [7, 11) is -3.54. The van der Waals surface area contributed by atoms with Crippen molar-refractivity contribution >= 4 is 21.7 Å². The van der Waals surface area contributed by atoms with E-state index in [9.17, 15) is 8.42 Å². The van der Waals surface area contributed by atoms with Gasteiger partial charge in [0.15, 0.2) is 0 Å². The van der Waals surface area contributed by atoms with Gasteiger partial charge in [-0.2, -0.15) is 10.4 Å². The maximum atomic E-state index is 12.6. The van der Waals surface area contributed by atoms with Crippen LogP contribution in [-0.4, -0.2) is 14.6 Å². The van der Waals surface area contributed by atoms with Gasteiger partial charge in [0, 0.05) is 0 Å². The maximum Gasteiger partial charge on any atom is 0.206 e. The Hall–Kier alpha value is -3.43. The van der Waals surface area contributed by atoms with Crippen LogP contribution in [0.5, 0.6) is 0 Å². The van der Waals surface area contributed by atoms with E-state index in [1.54, 1.807) is 79.0 Å². The van der Waals surface area contributed by atoms with Crippen LogP contribution in [0.15, 0.2) is 87.7 Å². The highest BCUT2D eigenvalue weighted by molar-refractivity contribution is 7.91. The van der Waals surface area contributed by atoms with Crippen molar-refractivity contribution in [1.82, 2.24) is 0 Å². The van der Waals surface area contributed by atoms with Crippen LogP contribution in [0.4, 0.5) is 5.69 Å². The molecule has 0 fully saturated rings. The third-order valence-electron chi connectivity index (χ3n) is 3.94. The van der Waals surface area contributed by atoms with E-state index < -0.39 is 9.84 Å². The molecule has 3 aromatic carbocycles. The van der Waals surface area contributed by atoms with Gasteiger partial charge in [-0.1, -0.05) is 29.8 Å². The predicted octanol–water partition coefficient (Wildman–Crippen LogP) is 4.15. The van der Waals surface area contributed by atoms with Gasteiger partial charge < -0.3 is 0 Å². The zero-order valence-corrected chi connectivity index (χ0v) is 15.4. The van der Waals surface area contributed by atoms with Gasteiger partial charge in [0.1, 0.15) is 0 Å². The van der Waals surface area contributed by atoms with Crippen LogP contribution in [0.1, 0.15) is 16.7 Å². The second kappa shape index (κ2) is 7.85. The van der Waals surface area contributed by atoms with Gasteiger partial charge in [0.05, 0.1) is 33.3 Å². The minimum atomic E-state index is -3.54. The molecule has 0 saturated carbocycles. The largest absolute Gasteiger partial charge is 0.279 e. The third kappa shape index (κ3) is 4.40. The molecule has 0 unspecified atom stereocenters. The molecule has 0 heterocycles. The Kier molecular flexibility index (Phi) is 5.34. The highest BCUT2D eigenvalue weighted by atomic mass is 32.2. The Morgan fingerprint density at radius 1 is 0.889 bits per heavy atom. The van der Waals surface area contributed by atoms with Crippen LogP contribution in [-0.2, 0) is 9.84 Å². The standard InChI is InChI=1S/C21H17N3O2S/c1-16-2-10-20(11-3-16)27(25,26)21-12-8-19(9-13-21)24-23-15-18-6-4-17(14-22)5-7-18/h2-13,15,24H,1H3/b23-15-. The summed E-state index contributed by atoms with van der Waals surface area (Å²) in [5, 5.41) is 12.9. The maximum absolute atomic E-state index is 12.6. The van der Waals surface area contributed by atoms with Gasteiger partial charge in [0.2, 0.25) is 9.84 Å². The number of hydrazone groups is 1. The quantitative estimate of drug-likeness (QED) is 0.536. The number of hydrogen-bond acceptors (Lipinski definition) is 5. The van der Waals surface area contributed by atoms with E-state index in [4.69, 9.17) is 5.26 Å². The highest BCUT2D eigenvalue weighted by Gasteiger charge is 2.16. The summed E-state index contributed by atoms with van der Waals surface area (Å²) >= 11 is 0. The molecule has 3 rings (SSSR count). The summed E-state index contributed by atoms with van der Waals surface area (Å²) in [6, 6.07) is 22.3. The van der Waals surface area contributed by atoms with Crippen LogP contribution < -0.4 is 5.43 Å². The number of benzene rings is 3. The first-order valence-corrected chi connectivity index (χ1v) is 9.68. The number of anilines is 1.